The zero-order chi connectivity index (χ0) is 13.4. The quantitative estimate of drug-likeness (QED) is 0.675. The summed E-state index contributed by atoms with van der Waals surface area (Å²) in [7, 11) is 0. The van der Waals surface area contributed by atoms with E-state index in [-0.39, 0.29) is 0 Å². The molecule has 3 heteroatoms. The maximum Gasteiger partial charge on any atom is 0.0593 e. The second-order valence-corrected chi connectivity index (χ2v) is 6.25. The average Bonchev–Trinajstić information content (AvgIpc) is 2.33. The van der Waals surface area contributed by atoms with Crippen LogP contribution < -0.4 is 5.32 Å². The largest absolute Gasteiger partial charge is 0.380 e. The molecular weight excluding hydrogens is 224 g/mol. The van der Waals surface area contributed by atoms with Crippen LogP contribution in [0.5, 0.6) is 0 Å². The summed E-state index contributed by atoms with van der Waals surface area (Å²) in [5.74, 6) is 1.51. The number of rotatable bonds is 8. The molecule has 1 saturated heterocycles. The third-order valence-electron chi connectivity index (χ3n) is 3.66. The summed E-state index contributed by atoms with van der Waals surface area (Å²) in [5, 5.41) is 3.44. The van der Waals surface area contributed by atoms with E-state index in [4.69, 9.17) is 4.74 Å². The van der Waals surface area contributed by atoms with Gasteiger partial charge in [-0.05, 0) is 51.6 Å². The van der Waals surface area contributed by atoms with Gasteiger partial charge in [-0.15, -0.1) is 0 Å². The smallest absolute Gasteiger partial charge is 0.0593 e. The number of piperidine rings is 1. The first-order valence-corrected chi connectivity index (χ1v) is 7.62. The average molecular weight is 256 g/mol. The van der Waals surface area contributed by atoms with Crippen molar-refractivity contribution >= 4 is 0 Å². The molecule has 1 N–H and O–H groups in total. The van der Waals surface area contributed by atoms with Gasteiger partial charge >= 0.3 is 0 Å². The van der Waals surface area contributed by atoms with Gasteiger partial charge in [0.15, 0.2) is 0 Å². The fourth-order valence-corrected chi connectivity index (χ4v) is 2.46. The van der Waals surface area contributed by atoms with Gasteiger partial charge in [0, 0.05) is 25.7 Å². The van der Waals surface area contributed by atoms with Gasteiger partial charge in [-0.25, -0.2) is 0 Å². The van der Waals surface area contributed by atoms with Crippen LogP contribution in [0.25, 0.3) is 0 Å². The van der Waals surface area contributed by atoms with Gasteiger partial charge in [0.25, 0.3) is 0 Å². The molecule has 1 rings (SSSR count). The highest BCUT2D eigenvalue weighted by atomic mass is 16.5. The lowest BCUT2D eigenvalue weighted by Gasteiger charge is -2.32. The summed E-state index contributed by atoms with van der Waals surface area (Å²) in [6, 6.07) is 0.627. The Morgan fingerprint density at radius 2 is 1.83 bits per heavy atom. The molecule has 3 nitrogen and oxygen atoms in total. The van der Waals surface area contributed by atoms with Gasteiger partial charge in [0.2, 0.25) is 0 Å². The van der Waals surface area contributed by atoms with Crippen molar-refractivity contribution in [3.8, 4) is 0 Å². The fourth-order valence-electron chi connectivity index (χ4n) is 2.46. The molecule has 0 bridgehead atoms. The highest BCUT2D eigenvalue weighted by molar-refractivity contribution is 4.74. The molecule has 1 heterocycles. The Bertz CT molecular complexity index is 201. The van der Waals surface area contributed by atoms with Gasteiger partial charge in [-0.3, -0.25) is 4.90 Å². The Morgan fingerprint density at radius 3 is 2.39 bits per heavy atom. The molecule has 0 unspecified atom stereocenters. The molecule has 0 saturated carbocycles. The van der Waals surface area contributed by atoms with Crippen molar-refractivity contribution < 1.29 is 4.74 Å². The Hall–Kier alpha value is -0.120. The van der Waals surface area contributed by atoms with Crippen LogP contribution in [0.3, 0.4) is 0 Å². The standard InChI is InChI=1S/C15H32N2O/c1-13(2)12-18-10-9-17(14(3)4)11-15-5-7-16-8-6-15/h13-16H,5-12H2,1-4H3. The van der Waals surface area contributed by atoms with Gasteiger partial charge in [0.05, 0.1) is 6.61 Å². The van der Waals surface area contributed by atoms with Gasteiger partial charge in [-0.1, -0.05) is 13.8 Å². The highest BCUT2D eigenvalue weighted by Gasteiger charge is 2.18. The molecule has 0 amide bonds. The summed E-state index contributed by atoms with van der Waals surface area (Å²) in [6.07, 6.45) is 2.66. The molecular formula is C15H32N2O. The summed E-state index contributed by atoms with van der Waals surface area (Å²) < 4.78 is 5.71. The van der Waals surface area contributed by atoms with Crippen LogP contribution >= 0.6 is 0 Å². The maximum atomic E-state index is 5.71. The zero-order valence-corrected chi connectivity index (χ0v) is 12.7. The predicted molar refractivity (Wildman–Crippen MR) is 78.0 cm³/mol. The van der Waals surface area contributed by atoms with Gasteiger partial charge < -0.3 is 10.1 Å². The summed E-state index contributed by atoms with van der Waals surface area (Å²) in [6.45, 7) is 15.5. The monoisotopic (exact) mass is 256 g/mol. The number of nitrogens with one attached hydrogen (secondary N) is 1. The van der Waals surface area contributed by atoms with E-state index >= 15 is 0 Å². The van der Waals surface area contributed by atoms with E-state index in [1.165, 1.54) is 32.5 Å². The predicted octanol–water partition coefficient (Wildman–Crippen LogP) is 2.37. The molecule has 1 aliphatic heterocycles. The van der Waals surface area contributed by atoms with Crippen LogP contribution in [0, 0.1) is 11.8 Å². The van der Waals surface area contributed by atoms with Crippen LogP contribution in [0.4, 0.5) is 0 Å². The van der Waals surface area contributed by atoms with Crippen molar-refractivity contribution in [2.45, 2.75) is 46.6 Å². The molecule has 0 aromatic carbocycles. The van der Waals surface area contributed by atoms with E-state index in [1.807, 2.05) is 0 Å². The third-order valence-corrected chi connectivity index (χ3v) is 3.66. The lowest BCUT2D eigenvalue weighted by atomic mass is 9.97. The summed E-state index contributed by atoms with van der Waals surface area (Å²) in [5.41, 5.74) is 0. The van der Waals surface area contributed by atoms with Crippen molar-refractivity contribution in [3.05, 3.63) is 0 Å². The number of nitrogens with zero attached hydrogens (tertiary/aromatic N) is 1. The van der Waals surface area contributed by atoms with E-state index in [0.29, 0.717) is 12.0 Å². The summed E-state index contributed by atoms with van der Waals surface area (Å²) >= 11 is 0. The summed E-state index contributed by atoms with van der Waals surface area (Å²) in [4.78, 5) is 2.58. The first kappa shape index (κ1) is 15.9. The van der Waals surface area contributed by atoms with E-state index in [9.17, 15) is 0 Å². The van der Waals surface area contributed by atoms with Crippen molar-refractivity contribution in [2.24, 2.45) is 11.8 Å². The maximum absolute atomic E-state index is 5.71. The van der Waals surface area contributed by atoms with E-state index < -0.39 is 0 Å². The van der Waals surface area contributed by atoms with Crippen LogP contribution in [-0.2, 0) is 4.74 Å². The lowest BCUT2D eigenvalue weighted by Crippen LogP contribution is -2.41. The van der Waals surface area contributed by atoms with Crippen molar-refractivity contribution in [3.63, 3.8) is 0 Å². The minimum absolute atomic E-state index is 0.627. The van der Waals surface area contributed by atoms with Gasteiger partial charge in [-0.2, -0.15) is 0 Å². The topological polar surface area (TPSA) is 24.5 Å². The first-order valence-electron chi connectivity index (χ1n) is 7.62. The first-order chi connectivity index (χ1) is 8.59. The minimum Gasteiger partial charge on any atom is -0.380 e. The molecule has 0 aliphatic carbocycles. The van der Waals surface area contributed by atoms with E-state index in [0.717, 1.165) is 25.7 Å². The Balaban J connectivity index is 2.21. The number of hydrogen-bond donors (Lipinski definition) is 1. The van der Waals surface area contributed by atoms with Crippen LogP contribution in [0.15, 0.2) is 0 Å². The molecule has 1 fully saturated rings. The highest BCUT2D eigenvalue weighted by Crippen LogP contribution is 2.14. The normalized spacial score (nSPS) is 18.2. The van der Waals surface area contributed by atoms with Crippen LogP contribution in [0.2, 0.25) is 0 Å². The second-order valence-electron chi connectivity index (χ2n) is 6.25. The lowest BCUT2D eigenvalue weighted by molar-refractivity contribution is 0.0682. The van der Waals surface area contributed by atoms with E-state index in [2.05, 4.69) is 37.9 Å². The molecule has 0 aromatic rings. The minimum atomic E-state index is 0.627. The molecule has 1 aliphatic rings. The Kier molecular flexibility index (Phi) is 7.87. The van der Waals surface area contributed by atoms with Crippen molar-refractivity contribution in [1.29, 1.82) is 0 Å². The molecule has 0 spiro atoms. The molecule has 0 atom stereocenters. The fraction of sp³-hybridized carbons (Fsp3) is 1.00. The van der Waals surface area contributed by atoms with Crippen LogP contribution in [-0.4, -0.2) is 50.3 Å². The molecule has 0 aromatic heterocycles. The van der Waals surface area contributed by atoms with Crippen molar-refractivity contribution in [1.82, 2.24) is 10.2 Å². The number of ether oxygens (including phenoxy) is 1. The van der Waals surface area contributed by atoms with Crippen molar-refractivity contribution in [2.75, 3.05) is 39.4 Å². The van der Waals surface area contributed by atoms with Crippen LogP contribution in [0.1, 0.15) is 40.5 Å². The zero-order valence-electron chi connectivity index (χ0n) is 12.7. The third kappa shape index (κ3) is 6.72. The molecule has 18 heavy (non-hydrogen) atoms. The molecule has 108 valence electrons. The Morgan fingerprint density at radius 1 is 1.17 bits per heavy atom. The second kappa shape index (κ2) is 8.89. The number of hydrogen-bond acceptors (Lipinski definition) is 3. The molecule has 0 radical (unpaired) electrons. The van der Waals surface area contributed by atoms with Gasteiger partial charge in [0.1, 0.15) is 0 Å². The SMILES string of the molecule is CC(C)COCCN(CC1CCNCC1)C(C)C. The Labute approximate surface area is 113 Å². The van der Waals surface area contributed by atoms with E-state index in [1.54, 1.807) is 0 Å².